The van der Waals surface area contributed by atoms with Gasteiger partial charge in [0.05, 0.1) is 0 Å². The van der Waals surface area contributed by atoms with E-state index in [4.69, 9.17) is 0 Å². The number of benzene rings is 1. The Morgan fingerprint density at radius 1 is 0.842 bits per heavy atom. The van der Waals surface area contributed by atoms with E-state index in [1.807, 2.05) is 0 Å². The summed E-state index contributed by atoms with van der Waals surface area (Å²) < 4.78 is 4.84. The van der Waals surface area contributed by atoms with Crippen LogP contribution in [0.2, 0.25) is 0 Å². The fourth-order valence-electron chi connectivity index (χ4n) is 2.58. The molecular formula is C17H18ClZr. The second-order valence-electron chi connectivity index (χ2n) is 4.79. The number of allylic oxidation sites excluding steroid dienone is 8. The first-order valence-corrected chi connectivity index (χ1v) is 10.7. The van der Waals surface area contributed by atoms with E-state index in [1.54, 1.807) is 6.56 Å². The zero-order valence-electron chi connectivity index (χ0n) is 10.9. The first-order chi connectivity index (χ1) is 8.93. The first kappa shape index (κ1) is 14.8. The molecule has 2 aliphatic carbocycles. The van der Waals surface area contributed by atoms with Crippen LogP contribution in [0.4, 0.5) is 0 Å². The Morgan fingerprint density at radius 2 is 1.42 bits per heavy atom. The Bertz CT molecular complexity index is 508. The number of hydrogen-bond donors (Lipinski definition) is 0. The van der Waals surface area contributed by atoms with Gasteiger partial charge in [0.1, 0.15) is 0 Å². The molecule has 0 fully saturated rings. The van der Waals surface area contributed by atoms with E-state index in [9.17, 15) is 0 Å². The molecule has 0 bridgehead atoms. The summed E-state index contributed by atoms with van der Waals surface area (Å²) >= 11 is -1.61. The molecule has 0 unspecified atom stereocenters. The second-order valence-corrected chi connectivity index (χ2v) is 11.2. The van der Waals surface area contributed by atoms with Crippen molar-refractivity contribution < 1.29 is 21.8 Å². The average Bonchev–Trinajstić information content (AvgIpc) is 3.11. The summed E-state index contributed by atoms with van der Waals surface area (Å²) in [6.45, 7) is 0. The fourth-order valence-corrected chi connectivity index (χ4v) is 9.54. The maximum Gasteiger partial charge on any atom is -0.147 e. The number of rotatable bonds is 4. The Morgan fingerprint density at radius 3 is 1.89 bits per heavy atom. The molecule has 0 amide bonds. The molecule has 0 spiro atoms. The minimum atomic E-state index is -1.61. The van der Waals surface area contributed by atoms with E-state index >= 15 is 0 Å². The van der Waals surface area contributed by atoms with E-state index in [1.165, 1.54) is 22.5 Å². The van der Waals surface area contributed by atoms with Crippen LogP contribution in [-0.2, 0) is 25.9 Å². The predicted octanol–water partition coefficient (Wildman–Crippen LogP) is 4.91. The van der Waals surface area contributed by atoms with Gasteiger partial charge in [0, 0.05) is 0 Å². The molecule has 0 nitrogen and oxygen atoms in total. The largest absolute Gasteiger partial charge is 0.147 e. The third-order valence-electron chi connectivity index (χ3n) is 3.54. The van der Waals surface area contributed by atoms with E-state index in [-0.39, 0.29) is 12.4 Å². The summed E-state index contributed by atoms with van der Waals surface area (Å²) in [5, 5.41) is 0. The van der Waals surface area contributed by atoms with Gasteiger partial charge in [-0.05, 0) is 0 Å². The SMILES string of the molecule is C1=CC[C]([Zr]([CH2]c2ccccc2)[C]2=CC=CC2)=C1.Cl. The molecule has 2 heteroatoms. The van der Waals surface area contributed by atoms with Crippen molar-refractivity contribution in [2.45, 2.75) is 17.0 Å². The summed E-state index contributed by atoms with van der Waals surface area (Å²) in [6, 6.07) is 11.0. The standard InChI is InChI=1S/C7H7.2C5H5.ClH.Zr/c1-7-5-3-2-4-6-7;2*1-2-4-5-3-1;;/h2-6H,1H2;2*1-3H,4H2;1H;. The van der Waals surface area contributed by atoms with Gasteiger partial charge in [-0.15, -0.1) is 12.4 Å². The monoisotopic (exact) mass is 347 g/mol. The summed E-state index contributed by atoms with van der Waals surface area (Å²) in [6.07, 6.45) is 16.3. The number of hydrogen-bond acceptors (Lipinski definition) is 0. The van der Waals surface area contributed by atoms with Gasteiger partial charge in [0.25, 0.3) is 0 Å². The van der Waals surface area contributed by atoms with Gasteiger partial charge in [-0.2, -0.15) is 0 Å². The molecule has 0 atom stereocenters. The topological polar surface area (TPSA) is 0 Å². The molecular weight excluding hydrogens is 331 g/mol. The van der Waals surface area contributed by atoms with Gasteiger partial charge in [0.2, 0.25) is 0 Å². The molecule has 0 N–H and O–H groups in total. The van der Waals surface area contributed by atoms with Crippen LogP contribution >= 0.6 is 12.4 Å². The van der Waals surface area contributed by atoms with Crippen LogP contribution in [0.15, 0.2) is 73.3 Å². The van der Waals surface area contributed by atoms with Crippen molar-refractivity contribution >= 4 is 12.4 Å². The molecule has 0 saturated carbocycles. The molecule has 97 valence electrons. The minimum absolute atomic E-state index is 0. The first-order valence-electron chi connectivity index (χ1n) is 6.55. The van der Waals surface area contributed by atoms with Gasteiger partial charge >= 0.3 is 118 Å². The quantitative estimate of drug-likeness (QED) is 0.724. The van der Waals surface area contributed by atoms with E-state index < -0.39 is 21.8 Å². The molecule has 1 aromatic rings. The van der Waals surface area contributed by atoms with E-state index in [2.05, 4.69) is 66.8 Å². The van der Waals surface area contributed by atoms with E-state index in [0.717, 1.165) is 0 Å². The zero-order chi connectivity index (χ0) is 12.2. The Labute approximate surface area is 129 Å². The average molecular weight is 349 g/mol. The Hall–Kier alpha value is -0.647. The van der Waals surface area contributed by atoms with Gasteiger partial charge in [-0.25, -0.2) is 0 Å². The molecule has 0 aromatic heterocycles. The molecule has 19 heavy (non-hydrogen) atoms. The third-order valence-corrected chi connectivity index (χ3v) is 11.0. The summed E-state index contributed by atoms with van der Waals surface area (Å²) in [5.74, 6) is 0. The van der Waals surface area contributed by atoms with Crippen molar-refractivity contribution in [3.63, 3.8) is 0 Å². The van der Waals surface area contributed by atoms with Gasteiger partial charge in [-0.1, -0.05) is 0 Å². The van der Waals surface area contributed by atoms with Gasteiger partial charge < -0.3 is 0 Å². The fraction of sp³-hybridized carbons (Fsp3) is 0.176. The summed E-state index contributed by atoms with van der Waals surface area (Å²) in [5.41, 5.74) is 1.52. The van der Waals surface area contributed by atoms with Crippen molar-refractivity contribution in [2.24, 2.45) is 0 Å². The molecule has 0 heterocycles. The van der Waals surface area contributed by atoms with Crippen molar-refractivity contribution in [1.29, 1.82) is 0 Å². The Balaban J connectivity index is 0.00000133. The summed E-state index contributed by atoms with van der Waals surface area (Å²) in [4.78, 5) is 0. The van der Waals surface area contributed by atoms with Crippen LogP contribution in [-0.4, -0.2) is 0 Å². The third kappa shape index (κ3) is 3.68. The molecule has 0 saturated heterocycles. The van der Waals surface area contributed by atoms with Crippen LogP contribution < -0.4 is 0 Å². The molecule has 0 radical (unpaired) electrons. The normalized spacial score (nSPS) is 16.0. The van der Waals surface area contributed by atoms with Gasteiger partial charge in [-0.3, -0.25) is 0 Å². The zero-order valence-corrected chi connectivity index (χ0v) is 14.2. The summed E-state index contributed by atoms with van der Waals surface area (Å²) in [7, 11) is 0. The van der Waals surface area contributed by atoms with Crippen LogP contribution in [0.25, 0.3) is 0 Å². The van der Waals surface area contributed by atoms with Crippen LogP contribution in [0, 0.1) is 0 Å². The number of halogens is 1. The maximum atomic E-state index is 2.39. The maximum absolute atomic E-state index is 2.39. The minimum Gasteiger partial charge on any atom is -0.147 e. The van der Waals surface area contributed by atoms with Crippen LogP contribution in [0.1, 0.15) is 18.4 Å². The van der Waals surface area contributed by atoms with Crippen molar-refractivity contribution in [1.82, 2.24) is 0 Å². The van der Waals surface area contributed by atoms with Crippen LogP contribution in [0.5, 0.6) is 0 Å². The Kier molecular flexibility index (Phi) is 5.61. The van der Waals surface area contributed by atoms with E-state index in [0.29, 0.717) is 0 Å². The molecule has 0 aliphatic heterocycles. The predicted molar refractivity (Wildman–Crippen MR) is 81.1 cm³/mol. The van der Waals surface area contributed by atoms with Crippen LogP contribution in [0.3, 0.4) is 0 Å². The smallest absolute Gasteiger partial charge is 0.147 e. The van der Waals surface area contributed by atoms with Crippen molar-refractivity contribution in [3.05, 3.63) is 78.9 Å². The van der Waals surface area contributed by atoms with Crippen molar-refractivity contribution in [3.8, 4) is 0 Å². The van der Waals surface area contributed by atoms with Gasteiger partial charge in [0.15, 0.2) is 0 Å². The second kappa shape index (κ2) is 7.22. The molecule has 2 aliphatic rings. The molecule has 1 aromatic carbocycles. The van der Waals surface area contributed by atoms with Crippen molar-refractivity contribution in [2.75, 3.05) is 0 Å². The molecule has 3 rings (SSSR count).